The van der Waals surface area contributed by atoms with Gasteiger partial charge in [-0.15, -0.1) is 11.8 Å². The van der Waals surface area contributed by atoms with Crippen molar-refractivity contribution in [3.05, 3.63) is 106 Å². The Hall–Kier alpha value is -1.90. The smallest absolute Gasteiger partial charge is 0.0532 e. The molecule has 23 heavy (non-hydrogen) atoms. The van der Waals surface area contributed by atoms with E-state index in [-0.39, 0.29) is 0 Å². The van der Waals surface area contributed by atoms with Gasteiger partial charge in [0, 0.05) is 10.5 Å². The molecule has 0 atom stereocenters. The van der Waals surface area contributed by atoms with Gasteiger partial charge in [-0.25, -0.2) is 0 Å². The summed E-state index contributed by atoms with van der Waals surface area (Å²) in [5.74, 6) is 0. The predicted molar refractivity (Wildman–Crippen MR) is 105 cm³/mol. The third-order valence-corrected chi connectivity index (χ3v) is 5.69. The molecular weight excluding hydrogens is 316 g/mol. The number of benzene rings is 3. The fourth-order valence-electron chi connectivity index (χ4n) is 2.40. The molecule has 0 aromatic heterocycles. The predicted octanol–water partition coefficient (Wildman–Crippen LogP) is 6.56. The van der Waals surface area contributed by atoms with Crippen molar-refractivity contribution in [1.29, 1.82) is 0 Å². The fourth-order valence-corrected chi connectivity index (χ4v) is 4.31. The Bertz CT molecular complexity index is 721. The Morgan fingerprint density at radius 1 is 0.609 bits per heavy atom. The van der Waals surface area contributed by atoms with Crippen LogP contribution in [-0.4, -0.2) is 6.26 Å². The summed E-state index contributed by atoms with van der Waals surface area (Å²) in [6.07, 6.45) is 2.15. The second-order valence-electron chi connectivity index (χ2n) is 5.01. The molecule has 0 amide bonds. The van der Waals surface area contributed by atoms with Crippen molar-refractivity contribution in [3.8, 4) is 0 Å². The molecule has 0 spiro atoms. The molecule has 0 aliphatic carbocycles. The third kappa shape index (κ3) is 4.10. The van der Waals surface area contributed by atoms with E-state index < -0.39 is 0 Å². The second-order valence-corrected chi connectivity index (χ2v) is 7.17. The van der Waals surface area contributed by atoms with Crippen LogP contribution in [0.5, 0.6) is 0 Å². The zero-order valence-corrected chi connectivity index (χ0v) is 14.6. The summed E-state index contributed by atoms with van der Waals surface area (Å²) in [6, 6.07) is 31.8. The van der Waals surface area contributed by atoms with Gasteiger partial charge in [-0.1, -0.05) is 90.6 Å². The van der Waals surface area contributed by atoms with Crippen LogP contribution < -0.4 is 0 Å². The molecule has 3 aromatic rings. The summed E-state index contributed by atoms with van der Waals surface area (Å²) >= 11 is 3.63. The summed E-state index contributed by atoms with van der Waals surface area (Å²) in [7, 11) is 0. The molecule has 0 N–H and O–H groups in total. The molecule has 0 saturated heterocycles. The van der Waals surface area contributed by atoms with Crippen LogP contribution in [0.2, 0.25) is 0 Å². The van der Waals surface area contributed by atoms with Gasteiger partial charge in [0.2, 0.25) is 0 Å². The van der Waals surface area contributed by atoms with Crippen molar-refractivity contribution in [2.45, 2.75) is 4.90 Å². The van der Waals surface area contributed by atoms with E-state index in [0.717, 1.165) is 0 Å². The quantitative estimate of drug-likeness (QED) is 0.485. The van der Waals surface area contributed by atoms with E-state index in [2.05, 4.69) is 97.3 Å². The summed E-state index contributed by atoms with van der Waals surface area (Å²) < 4.78 is 1.31. The zero-order chi connectivity index (χ0) is 15.9. The molecule has 3 rings (SSSR count). The summed E-state index contributed by atoms with van der Waals surface area (Å²) in [6.45, 7) is 0. The average Bonchev–Trinajstić information content (AvgIpc) is 2.64. The molecule has 3 aromatic carbocycles. The zero-order valence-electron chi connectivity index (χ0n) is 13.0. The average molecular weight is 335 g/mol. The van der Waals surface area contributed by atoms with Crippen molar-refractivity contribution in [2.24, 2.45) is 0 Å². The standard InChI is InChI=1S/C21H18S2/c1-22-21(23-19-15-9-4-10-16-19)20(17-11-5-2-6-12-17)18-13-7-3-8-14-18/h2-16H,1H3. The van der Waals surface area contributed by atoms with Crippen molar-refractivity contribution in [1.82, 2.24) is 0 Å². The fraction of sp³-hybridized carbons (Fsp3) is 0.0476. The van der Waals surface area contributed by atoms with Gasteiger partial charge in [0.05, 0.1) is 4.24 Å². The van der Waals surface area contributed by atoms with E-state index in [4.69, 9.17) is 0 Å². The number of hydrogen-bond acceptors (Lipinski definition) is 2. The van der Waals surface area contributed by atoms with Crippen molar-refractivity contribution >= 4 is 29.1 Å². The van der Waals surface area contributed by atoms with E-state index in [9.17, 15) is 0 Å². The van der Waals surface area contributed by atoms with E-state index in [1.54, 1.807) is 11.8 Å². The molecular formula is C21H18S2. The molecule has 0 nitrogen and oxygen atoms in total. The normalized spacial score (nSPS) is 10.3. The number of thioether (sulfide) groups is 2. The SMILES string of the molecule is CSC(Sc1ccccc1)=C(c1ccccc1)c1ccccc1. The van der Waals surface area contributed by atoms with Crippen molar-refractivity contribution in [3.63, 3.8) is 0 Å². The Morgan fingerprint density at radius 3 is 1.48 bits per heavy atom. The second kappa shape index (κ2) is 8.09. The molecule has 0 radical (unpaired) electrons. The summed E-state index contributed by atoms with van der Waals surface area (Å²) in [5.41, 5.74) is 3.81. The van der Waals surface area contributed by atoms with Crippen LogP contribution in [-0.2, 0) is 0 Å². The highest BCUT2D eigenvalue weighted by Crippen LogP contribution is 2.41. The van der Waals surface area contributed by atoms with Crippen LogP contribution in [0.25, 0.3) is 5.57 Å². The van der Waals surface area contributed by atoms with Crippen LogP contribution >= 0.6 is 23.5 Å². The van der Waals surface area contributed by atoms with Crippen LogP contribution in [0.1, 0.15) is 11.1 Å². The minimum absolute atomic E-state index is 1.26. The highest BCUT2D eigenvalue weighted by atomic mass is 32.2. The van der Waals surface area contributed by atoms with Gasteiger partial charge < -0.3 is 0 Å². The van der Waals surface area contributed by atoms with Gasteiger partial charge in [0.25, 0.3) is 0 Å². The van der Waals surface area contributed by atoms with Gasteiger partial charge in [-0.3, -0.25) is 0 Å². The van der Waals surface area contributed by atoms with E-state index >= 15 is 0 Å². The Morgan fingerprint density at radius 2 is 1.04 bits per heavy atom. The van der Waals surface area contributed by atoms with E-state index in [1.165, 1.54) is 25.8 Å². The largest absolute Gasteiger partial charge is 0.122 e. The Balaban J connectivity index is 2.12. The van der Waals surface area contributed by atoms with Gasteiger partial charge in [0.1, 0.15) is 0 Å². The first-order valence-corrected chi connectivity index (χ1v) is 9.54. The maximum Gasteiger partial charge on any atom is 0.0532 e. The van der Waals surface area contributed by atoms with Gasteiger partial charge in [-0.2, -0.15) is 0 Å². The molecule has 0 aliphatic rings. The first-order valence-electron chi connectivity index (χ1n) is 7.50. The highest BCUT2D eigenvalue weighted by Gasteiger charge is 2.12. The molecule has 0 heterocycles. The minimum Gasteiger partial charge on any atom is -0.122 e. The van der Waals surface area contributed by atoms with Crippen molar-refractivity contribution < 1.29 is 0 Å². The summed E-state index contributed by atoms with van der Waals surface area (Å²) in [5, 5.41) is 0. The number of rotatable bonds is 5. The minimum atomic E-state index is 1.26. The first-order chi connectivity index (χ1) is 11.4. The van der Waals surface area contributed by atoms with E-state index in [0.29, 0.717) is 0 Å². The molecule has 0 unspecified atom stereocenters. The van der Waals surface area contributed by atoms with E-state index in [1.807, 2.05) is 11.8 Å². The molecule has 114 valence electrons. The van der Waals surface area contributed by atoms with Crippen molar-refractivity contribution in [2.75, 3.05) is 6.26 Å². The van der Waals surface area contributed by atoms with Crippen LogP contribution in [0, 0.1) is 0 Å². The lowest BCUT2D eigenvalue weighted by atomic mass is 10.00. The lowest BCUT2D eigenvalue weighted by molar-refractivity contribution is 1.47. The maximum atomic E-state index is 2.18. The highest BCUT2D eigenvalue weighted by molar-refractivity contribution is 8.22. The van der Waals surface area contributed by atoms with Crippen LogP contribution in [0.15, 0.2) is 100 Å². The lowest BCUT2D eigenvalue weighted by Crippen LogP contribution is -1.90. The van der Waals surface area contributed by atoms with Gasteiger partial charge in [0.15, 0.2) is 0 Å². The Kier molecular flexibility index (Phi) is 5.62. The van der Waals surface area contributed by atoms with Gasteiger partial charge >= 0.3 is 0 Å². The summed E-state index contributed by atoms with van der Waals surface area (Å²) in [4.78, 5) is 1.27. The van der Waals surface area contributed by atoms with Crippen LogP contribution in [0.4, 0.5) is 0 Å². The maximum absolute atomic E-state index is 2.18. The molecule has 0 bridgehead atoms. The topological polar surface area (TPSA) is 0 Å². The van der Waals surface area contributed by atoms with Crippen LogP contribution in [0.3, 0.4) is 0 Å². The first kappa shape index (κ1) is 16.0. The third-order valence-electron chi connectivity index (χ3n) is 3.47. The molecule has 0 aliphatic heterocycles. The lowest BCUT2D eigenvalue weighted by Gasteiger charge is -2.14. The van der Waals surface area contributed by atoms with Gasteiger partial charge in [-0.05, 0) is 29.5 Å². The number of hydrogen-bond donors (Lipinski definition) is 0. The monoisotopic (exact) mass is 334 g/mol. The molecule has 2 heteroatoms. The Labute approximate surface area is 146 Å². The molecule has 0 fully saturated rings. The molecule has 0 saturated carbocycles.